The summed E-state index contributed by atoms with van der Waals surface area (Å²) in [6.45, 7) is 0. The zero-order chi connectivity index (χ0) is 31.2. The molecule has 3 aromatic carbocycles. The molecule has 0 amide bonds. The molecule has 0 aliphatic carbocycles. The van der Waals surface area contributed by atoms with Gasteiger partial charge in [0.2, 0.25) is 0 Å². The first-order valence-corrected chi connectivity index (χ1v) is 15.2. The number of aromatic nitrogens is 8. The second-order valence-corrected chi connectivity index (χ2v) is 11.2. The lowest BCUT2D eigenvalue weighted by molar-refractivity contribution is 1.07. The molecule has 0 unspecified atom stereocenters. The number of rotatable bonds is 5. The molecule has 220 valence electrons. The lowest BCUT2D eigenvalue weighted by Gasteiger charge is -2.10. The summed E-state index contributed by atoms with van der Waals surface area (Å²) in [5.74, 6) is 1.70. The van der Waals surface area contributed by atoms with Crippen molar-refractivity contribution in [2.75, 3.05) is 0 Å². The summed E-state index contributed by atoms with van der Waals surface area (Å²) in [5.41, 5.74) is 9.34. The maximum atomic E-state index is 5.14. The highest BCUT2D eigenvalue weighted by molar-refractivity contribution is 6.09. The molecule has 0 N–H and O–H groups in total. The van der Waals surface area contributed by atoms with Gasteiger partial charge in [-0.25, -0.2) is 24.9 Å². The van der Waals surface area contributed by atoms with Gasteiger partial charge in [-0.3, -0.25) is 14.4 Å². The molecule has 6 aromatic heterocycles. The molecule has 9 rings (SSSR count). The van der Waals surface area contributed by atoms with Gasteiger partial charge >= 0.3 is 0 Å². The van der Waals surface area contributed by atoms with Crippen LogP contribution in [0.2, 0.25) is 0 Å². The second-order valence-electron chi connectivity index (χ2n) is 11.2. The van der Waals surface area contributed by atoms with Crippen molar-refractivity contribution in [3.05, 3.63) is 146 Å². The third-order valence-electron chi connectivity index (χ3n) is 8.27. The van der Waals surface area contributed by atoms with E-state index in [9.17, 15) is 0 Å². The minimum absolute atomic E-state index is 0.560. The Morgan fingerprint density at radius 3 is 1.57 bits per heavy atom. The van der Waals surface area contributed by atoms with E-state index >= 15 is 0 Å². The Bertz CT molecular complexity index is 2490. The third-order valence-corrected chi connectivity index (χ3v) is 8.27. The van der Waals surface area contributed by atoms with Gasteiger partial charge in [0.15, 0.2) is 23.1 Å². The largest absolute Gasteiger partial charge is 0.284 e. The number of benzene rings is 3. The first-order chi connectivity index (χ1) is 23.3. The van der Waals surface area contributed by atoms with E-state index in [4.69, 9.17) is 24.9 Å². The zero-order valence-corrected chi connectivity index (χ0v) is 24.9. The van der Waals surface area contributed by atoms with Gasteiger partial charge in [0.25, 0.3) is 0 Å². The fourth-order valence-corrected chi connectivity index (χ4v) is 5.94. The molecule has 0 saturated heterocycles. The normalized spacial score (nSPS) is 11.4. The molecule has 0 aliphatic rings. The van der Waals surface area contributed by atoms with Crippen LogP contribution in [0.1, 0.15) is 0 Å². The molecular weight excluding hydrogens is 580 g/mol. The van der Waals surface area contributed by atoms with Gasteiger partial charge in [-0.1, -0.05) is 78.9 Å². The summed E-state index contributed by atoms with van der Waals surface area (Å²) in [6.07, 6.45) is 8.99. The highest BCUT2D eigenvalue weighted by atomic mass is 15.1. The van der Waals surface area contributed by atoms with Crippen molar-refractivity contribution in [3.63, 3.8) is 0 Å². The average molecular weight is 605 g/mol. The Balaban J connectivity index is 1.07. The van der Waals surface area contributed by atoms with Crippen molar-refractivity contribution in [2.24, 2.45) is 0 Å². The van der Waals surface area contributed by atoms with Gasteiger partial charge in [0, 0.05) is 64.0 Å². The van der Waals surface area contributed by atoms with Crippen LogP contribution in [0, 0.1) is 0 Å². The number of pyridine rings is 4. The van der Waals surface area contributed by atoms with Crippen molar-refractivity contribution in [2.45, 2.75) is 0 Å². The lowest BCUT2D eigenvalue weighted by Crippen LogP contribution is -2.00. The van der Waals surface area contributed by atoms with Crippen LogP contribution in [0.15, 0.2) is 146 Å². The lowest BCUT2D eigenvalue weighted by atomic mass is 9.99. The fraction of sp³-hybridized carbons (Fsp3) is 0. The molecule has 8 nitrogen and oxygen atoms in total. The van der Waals surface area contributed by atoms with Crippen LogP contribution in [0.3, 0.4) is 0 Å². The van der Waals surface area contributed by atoms with Gasteiger partial charge in [-0.05, 0) is 47.5 Å². The van der Waals surface area contributed by atoms with Gasteiger partial charge in [-0.15, -0.1) is 0 Å². The molecule has 6 heterocycles. The van der Waals surface area contributed by atoms with Crippen molar-refractivity contribution < 1.29 is 0 Å². The van der Waals surface area contributed by atoms with Gasteiger partial charge in [0.05, 0.1) is 5.69 Å². The van der Waals surface area contributed by atoms with E-state index < -0.39 is 0 Å². The van der Waals surface area contributed by atoms with Gasteiger partial charge < -0.3 is 0 Å². The molecule has 8 heteroatoms. The van der Waals surface area contributed by atoms with Crippen molar-refractivity contribution >= 4 is 27.6 Å². The molecule has 9 aromatic rings. The topological polar surface area (TPSA) is 94.6 Å². The van der Waals surface area contributed by atoms with E-state index in [0.29, 0.717) is 17.5 Å². The Labute approximate surface area is 269 Å². The van der Waals surface area contributed by atoms with Crippen LogP contribution in [0.25, 0.3) is 84.1 Å². The van der Waals surface area contributed by atoms with E-state index in [-0.39, 0.29) is 0 Å². The quantitative estimate of drug-likeness (QED) is 0.195. The summed E-state index contributed by atoms with van der Waals surface area (Å²) in [6, 6.07) is 38.9. The number of nitrogens with zero attached hydrogens (tertiary/aromatic N) is 8. The smallest absolute Gasteiger partial charge is 0.165 e. The highest BCUT2D eigenvalue weighted by Gasteiger charge is 2.16. The van der Waals surface area contributed by atoms with Crippen LogP contribution in [-0.4, -0.2) is 39.3 Å². The Hall–Kier alpha value is -6.67. The maximum absolute atomic E-state index is 5.14. The zero-order valence-electron chi connectivity index (χ0n) is 24.9. The Morgan fingerprint density at radius 2 is 0.957 bits per heavy atom. The van der Waals surface area contributed by atoms with E-state index in [1.54, 1.807) is 24.8 Å². The Morgan fingerprint density at radius 1 is 0.404 bits per heavy atom. The summed E-state index contributed by atoms with van der Waals surface area (Å²) in [7, 11) is 0. The SMILES string of the molecule is c1cncc(-c2nc(-c3ccc(-c4ccc(-c5nc6c(nc7ccccn76)c6ccccc56)cc4)cc3)nc(-c3cccnc3)n2)c1. The van der Waals surface area contributed by atoms with E-state index in [2.05, 4.69) is 70.6 Å². The van der Waals surface area contributed by atoms with Crippen molar-refractivity contribution in [1.29, 1.82) is 0 Å². The molecular formula is C39H24N8. The second kappa shape index (κ2) is 11.0. The highest BCUT2D eigenvalue weighted by Crippen LogP contribution is 2.34. The maximum Gasteiger partial charge on any atom is 0.165 e. The summed E-state index contributed by atoms with van der Waals surface area (Å²) in [4.78, 5) is 32.9. The summed E-state index contributed by atoms with van der Waals surface area (Å²) >= 11 is 0. The molecule has 0 fully saturated rings. The molecule has 0 aliphatic heterocycles. The van der Waals surface area contributed by atoms with E-state index in [1.807, 2.05) is 65.2 Å². The average Bonchev–Trinajstić information content (AvgIpc) is 3.54. The number of hydrogen-bond donors (Lipinski definition) is 0. The van der Waals surface area contributed by atoms with Crippen molar-refractivity contribution in [3.8, 4) is 56.5 Å². The number of fused-ring (bicyclic) bond motifs is 5. The van der Waals surface area contributed by atoms with Crippen LogP contribution in [0.4, 0.5) is 0 Å². The van der Waals surface area contributed by atoms with Crippen LogP contribution >= 0.6 is 0 Å². The van der Waals surface area contributed by atoms with Crippen LogP contribution < -0.4 is 0 Å². The van der Waals surface area contributed by atoms with Gasteiger partial charge in [0.1, 0.15) is 11.2 Å². The Kier molecular flexibility index (Phi) is 6.28. The van der Waals surface area contributed by atoms with Gasteiger partial charge in [-0.2, -0.15) is 0 Å². The minimum atomic E-state index is 0.560. The van der Waals surface area contributed by atoms with Crippen LogP contribution in [-0.2, 0) is 0 Å². The third kappa shape index (κ3) is 4.76. The van der Waals surface area contributed by atoms with E-state index in [0.717, 1.165) is 66.7 Å². The molecule has 0 atom stereocenters. The van der Waals surface area contributed by atoms with E-state index in [1.165, 1.54) is 0 Å². The number of hydrogen-bond acceptors (Lipinski definition) is 7. The minimum Gasteiger partial charge on any atom is -0.284 e. The predicted molar refractivity (Wildman–Crippen MR) is 184 cm³/mol. The fourth-order valence-electron chi connectivity index (χ4n) is 5.94. The molecule has 0 bridgehead atoms. The molecule has 0 spiro atoms. The van der Waals surface area contributed by atoms with Crippen LogP contribution in [0.5, 0.6) is 0 Å². The number of imidazole rings is 1. The molecule has 0 saturated carbocycles. The summed E-state index contributed by atoms with van der Waals surface area (Å²) in [5, 5.41) is 2.17. The standard InChI is InChI=1S/C39H24N8/c1-2-10-32-31(9-1)34(43-39-35(32)42-33-11-3-4-22-47(33)39)27-16-12-25(13-17-27)26-14-18-28(19-15-26)36-44-37(29-7-5-20-40-23-29)46-38(45-36)30-8-6-21-41-24-30/h1-24H. The van der Waals surface area contributed by atoms with Crippen molar-refractivity contribution in [1.82, 2.24) is 39.3 Å². The predicted octanol–water partition coefficient (Wildman–Crippen LogP) is 8.35. The molecule has 47 heavy (non-hydrogen) atoms. The first kappa shape index (κ1) is 26.7. The monoisotopic (exact) mass is 604 g/mol. The molecule has 0 radical (unpaired) electrons. The summed E-state index contributed by atoms with van der Waals surface area (Å²) < 4.78 is 2.05. The first-order valence-electron chi connectivity index (χ1n) is 15.2.